The standard InChI is InChI=1S/C16H18F2O4/c1-4-21-14(19)11(3)13(12-9-7-6-8-10-12)16(17,18)15(20)22-5-2/h6-10,13H,3-5H2,1-2H3/t13-/m1/s1. The van der Waals surface area contributed by atoms with Gasteiger partial charge in [0.25, 0.3) is 0 Å². The van der Waals surface area contributed by atoms with E-state index >= 15 is 0 Å². The van der Waals surface area contributed by atoms with E-state index < -0.39 is 29.4 Å². The van der Waals surface area contributed by atoms with Gasteiger partial charge in [0.05, 0.1) is 19.1 Å². The summed E-state index contributed by atoms with van der Waals surface area (Å²) in [5.74, 6) is -8.44. The van der Waals surface area contributed by atoms with Crippen LogP contribution in [0.5, 0.6) is 0 Å². The molecule has 1 aromatic carbocycles. The molecule has 0 aliphatic rings. The van der Waals surface area contributed by atoms with Crippen molar-refractivity contribution < 1.29 is 27.8 Å². The number of hydrogen-bond acceptors (Lipinski definition) is 4. The van der Waals surface area contributed by atoms with Crippen molar-refractivity contribution in [2.75, 3.05) is 13.2 Å². The van der Waals surface area contributed by atoms with E-state index in [2.05, 4.69) is 11.3 Å². The SMILES string of the molecule is C=C(C(=O)OCC)[C@H](c1ccccc1)C(F)(F)C(=O)OCC. The summed E-state index contributed by atoms with van der Waals surface area (Å²) in [5, 5.41) is 0. The molecule has 0 aliphatic carbocycles. The number of ether oxygens (including phenoxy) is 2. The molecule has 22 heavy (non-hydrogen) atoms. The minimum Gasteiger partial charge on any atom is -0.463 e. The summed E-state index contributed by atoms with van der Waals surface area (Å²) in [6.45, 7) is 6.19. The molecule has 0 bridgehead atoms. The Bertz CT molecular complexity index is 540. The highest BCUT2D eigenvalue weighted by molar-refractivity contribution is 5.92. The van der Waals surface area contributed by atoms with Gasteiger partial charge in [0, 0.05) is 5.57 Å². The van der Waals surface area contributed by atoms with Gasteiger partial charge in [-0.05, 0) is 19.4 Å². The molecule has 4 nitrogen and oxygen atoms in total. The minimum atomic E-state index is -3.93. The summed E-state index contributed by atoms with van der Waals surface area (Å²) in [7, 11) is 0. The molecule has 6 heteroatoms. The summed E-state index contributed by atoms with van der Waals surface area (Å²) in [4.78, 5) is 23.4. The molecule has 0 N–H and O–H groups in total. The Kier molecular flexibility index (Phi) is 6.22. The highest BCUT2D eigenvalue weighted by atomic mass is 19.3. The normalized spacial score (nSPS) is 12.4. The van der Waals surface area contributed by atoms with Crippen LogP contribution in [0.1, 0.15) is 25.3 Å². The van der Waals surface area contributed by atoms with E-state index in [0.717, 1.165) is 0 Å². The molecule has 0 heterocycles. The van der Waals surface area contributed by atoms with Crippen molar-refractivity contribution >= 4 is 11.9 Å². The van der Waals surface area contributed by atoms with Crippen molar-refractivity contribution in [3.63, 3.8) is 0 Å². The van der Waals surface area contributed by atoms with Crippen LogP contribution in [0.25, 0.3) is 0 Å². The van der Waals surface area contributed by atoms with E-state index in [-0.39, 0.29) is 18.8 Å². The minimum absolute atomic E-state index is 0.0182. The zero-order valence-electron chi connectivity index (χ0n) is 12.5. The average molecular weight is 312 g/mol. The van der Waals surface area contributed by atoms with Crippen LogP contribution in [0.4, 0.5) is 8.78 Å². The fraction of sp³-hybridized carbons (Fsp3) is 0.375. The van der Waals surface area contributed by atoms with Gasteiger partial charge in [-0.25, -0.2) is 9.59 Å². The van der Waals surface area contributed by atoms with Gasteiger partial charge >= 0.3 is 17.9 Å². The van der Waals surface area contributed by atoms with E-state index in [1.807, 2.05) is 0 Å². The molecule has 0 aliphatic heterocycles. The van der Waals surface area contributed by atoms with Gasteiger partial charge in [-0.3, -0.25) is 0 Å². The van der Waals surface area contributed by atoms with Gasteiger partial charge < -0.3 is 9.47 Å². The number of halogens is 2. The first kappa shape index (κ1) is 17.8. The predicted octanol–water partition coefficient (Wildman–Crippen LogP) is 3.09. The molecule has 0 spiro atoms. The number of benzene rings is 1. The molecule has 1 atom stereocenters. The average Bonchev–Trinajstić information content (AvgIpc) is 2.48. The lowest BCUT2D eigenvalue weighted by molar-refractivity contribution is -0.174. The topological polar surface area (TPSA) is 52.6 Å². The van der Waals surface area contributed by atoms with Crippen LogP contribution in [0.2, 0.25) is 0 Å². The zero-order valence-corrected chi connectivity index (χ0v) is 12.5. The first-order valence-electron chi connectivity index (χ1n) is 6.82. The molecule has 0 fully saturated rings. The maximum absolute atomic E-state index is 14.5. The Hall–Kier alpha value is -2.24. The summed E-state index contributed by atoms with van der Waals surface area (Å²) < 4.78 is 38.1. The number of carbonyl (C=O) groups excluding carboxylic acids is 2. The maximum Gasteiger partial charge on any atom is 0.378 e. The number of carbonyl (C=O) groups is 2. The summed E-state index contributed by atoms with van der Waals surface area (Å²) >= 11 is 0. The maximum atomic E-state index is 14.5. The van der Waals surface area contributed by atoms with Crippen molar-refractivity contribution in [2.45, 2.75) is 25.7 Å². The second-order valence-electron chi connectivity index (χ2n) is 4.43. The lowest BCUT2D eigenvalue weighted by Gasteiger charge is -2.26. The van der Waals surface area contributed by atoms with Gasteiger partial charge in [0.15, 0.2) is 0 Å². The smallest absolute Gasteiger partial charge is 0.378 e. The lowest BCUT2D eigenvalue weighted by Crippen LogP contribution is -2.39. The third-order valence-corrected chi connectivity index (χ3v) is 2.93. The zero-order chi connectivity index (χ0) is 16.8. The van der Waals surface area contributed by atoms with Crippen LogP contribution in [0.15, 0.2) is 42.5 Å². The number of hydrogen-bond donors (Lipinski definition) is 0. The van der Waals surface area contributed by atoms with Crippen molar-refractivity contribution in [3.05, 3.63) is 48.0 Å². The molecule has 0 saturated carbocycles. The highest BCUT2D eigenvalue weighted by Gasteiger charge is 2.52. The van der Waals surface area contributed by atoms with E-state index in [9.17, 15) is 18.4 Å². The third-order valence-electron chi connectivity index (χ3n) is 2.93. The number of esters is 2. The Morgan fingerprint density at radius 3 is 2.18 bits per heavy atom. The fourth-order valence-corrected chi connectivity index (χ4v) is 1.96. The van der Waals surface area contributed by atoms with Gasteiger partial charge in [0.1, 0.15) is 0 Å². The first-order valence-corrected chi connectivity index (χ1v) is 6.82. The van der Waals surface area contributed by atoms with Crippen LogP contribution >= 0.6 is 0 Å². The largest absolute Gasteiger partial charge is 0.463 e. The van der Waals surface area contributed by atoms with Crippen molar-refractivity contribution in [1.29, 1.82) is 0 Å². The van der Waals surface area contributed by atoms with E-state index in [1.165, 1.54) is 31.2 Å². The first-order chi connectivity index (χ1) is 10.4. The Morgan fingerprint density at radius 1 is 1.14 bits per heavy atom. The van der Waals surface area contributed by atoms with Crippen LogP contribution in [-0.4, -0.2) is 31.1 Å². The molecule has 0 aromatic heterocycles. The van der Waals surface area contributed by atoms with Gasteiger partial charge in [-0.15, -0.1) is 0 Å². The molecule has 120 valence electrons. The molecule has 0 amide bonds. The van der Waals surface area contributed by atoms with Crippen molar-refractivity contribution in [1.82, 2.24) is 0 Å². The molecule has 0 saturated heterocycles. The summed E-state index contributed by atoms with van der Waals surface area (Å²) in [5.41, 5.74) is -0.412. The lowest BCUT2D eigenvalue weighted by atomic mass is 9.86. The second kappa shape index (κ2) is 7.68. The van der Waals surface area contributed by atoms with Crippen molar-refractivity contribution in [3.8, 4) is 0 Å². The van der Waals surface area contributed by atoms with E-state index in [0.29, 0.717) is 0 Å². The van der Waals surface area contributed by atoms with E-state index in [4.69, 9.17) is 4.74 Å². The molecular formula is C16H18F2O4. The quantitative estimate of drug-likeness (QED) is 0.573. The van der Waals surface area contributed by atoms with Gasteiger partial charge in [-0.2, -0.15) is 8.78 Å². The third kappa shape index (κ3) is 3.90. The number of rotatable bonds is 7. The molecular weight excluding hydrogens is 294 g/mol. The second-order valence-corrected chi connectivity index (χ2v) is 4.43. The van der Waals surface area contributed by atoms with Crippen LogP contribution in [0, 0.1) is 0 Å². The van der Waals surface area contributed by atoms with Crippen LogP contribution < -0.4 is 0 Å². The predicted molar refractivity (Wildman–Crippen MR) is 76.5 cm³/mol. The fourth-order valence-electron chi connectivity index (χ4n) is 1.96. The monoisotopic (exact) mass is 312 g/mol. The van der Waals surface area contributed by atoms with Gasteiger partial charge in [0.2, 0.25) is 0 Å². The summed E-state index contributed by atoms with van der Waals surface area (Å²) in [6, 6.07) is 7.48. The Labute approximate surface area is 127 Å². The Morgan fingerprint density at radius 2 is 1.68 bits per heavy atom. The molecule has 1 rings (SSSR count). The van der Waals surface area contributed by atoms with Crippen molar-refractivity contribution in [2.24, 2.45) is 0 Å². The Balaban J connectivity index is 3.26. The highest BCUT2D eigenvalue weighted by Crippen LogP contribution is 2.40. The van der Waals surface area contributed by atoms with Gasteiger partial charge in [-0.1, -0.05) is 36.9 Å². The van der Waals surface area contributed by atoms with Crippen LogP contribution in [-0.2, 0) is 19.1 Å². The van der Waals surface area contributed by atoms with E-state index in [1.54, 1.807) is 13.0 Å². The summed E-state index contributed by atoms with van der Waals surface area (Å²) in [6.07, 6.45) is 0. The number of alkyl halides is 2. The molecule has 0 unspecified atom stereocenters. The van der Waals surface area contributed by atoms with Crippen LogP contribution in [0.3, 0.4) is 0 Å². The molecule has 0 radical (unpaired) electrons. The molecule has 1 aromatic rings.